The molecule has 1 aliphatic heterocycles. The fourth-order valence-corrected chi connectivity index (χ4v) is 8.44. The molecule has 0 saturated carbocycles. The van der Waals surface area contributed by atoms with E-state index in [0.717, 1.165) is 82.1 Å². The maximum absolute atomic E-state index is 12.9. The van der Waals surface area contributed by atoms with Gasteiger partial charge in [-0.05, 0) is 67.7 Å². The molecule has 1 aliphatic rings. The van der Waals surface area contributed by atoms with Crippen LogP contribution in [0.25, 0.3) is 0 Å². The van der Waals surface area contributed by atoms with Gasteiger partial charge in [0.05, 0.1) is 56.2 Å². The number of anilines is 4. The van der Waals surface area contributed by atoms with Crippen molar-refractivity contribution in [2.24, 2.45) is 0 Å². The molecule has 6 aromatic rings. The lowest BCUT2D eigenvalue weighted by atomic mass is 10.1. The van der Waals surface area contributed by atoms with E-state index < -0.39 is 0 Å². The lowest BCUT2D eigenvalue weighted by Crippen LogP contribution is -2.48. The molecule has 1 amide bonds. The van der Waals surface area contributed by atoms with Gasteiger partial charge < -0.3 is 49.9 Å². The zero-order valence-electron chi connectivity index (χ0n) is 40.0. The molecule has 17 heteroatoms. The number of aryl methyl sites for hydroxylation is 3. The Kier molecular flexibility index (Phi) is 21.1. The number of thiazole rings is 1. The molecule has 7 rings (SSSR count). The number of rotatable bonds is 29. The standard InChI is InChI=1S/C53H64ClN9O6S/c1-40-12-9-18-45(54)51(40)61-52(64)48-38-57-53(70-48)60-49-37-50(59-41(2)58-49)63-28-26-62(27-29-63)25-22-56-24-33-66-35-34-65-32-23-55-21-11-31-67-44-19-20-46(69-39-43-15-7-4-8-16-43)47(36-44)68-30-10-17-42-13-5-3-6-14-42/h3-9,11-16,18-20,31,36-38,55-56H,10,17,21-30,32-35,39H2,1-2H3,(H,61,64)(H,57,58,59,60)/b31-11+. The van der Waals surface area contributed by atoms with E-state index >= 15 is 0 Å². The summed E-state index contributed by atoms with van der Waals surface area (Å²) in [5.74, 6) is 3.90. The monoisotopic (exact) mass is 989 g/mol. The van der Waals surface area contributed by atoms with Gasteiger partial charge in [-0.25, -0.2) is 15.0 Å². The van der Waals surface area contributed by atoms with Crippen LogP contribution in [0.15, 0.2) is 122 Å². The van der Waals surface area contributed by atoms with Crippen molar-refractivity contribution in [3.63, 3.8) is 0 Å². The van der Waals surface area contributed by atoms with Gasteiger partial charge in [0.15, 0.2) is 16.6 Å². The smallest absolute Gasteiger partial charge is 0.267 e. The highest BCUT2D eigenvalue weighted by atomic mass is 35.5. The lowest BCUT2D eigenvalue weighted by Gasteiger charge is -2.35. The SMILES string of the molecule is Cc1nc(Nc2ncc(C(=O)Nc3c(C)cccc3Cl)s2)cc(N2CCN(CCNCCOCCOCCNC/C=C/Oc3ccc(OCc4ccccc4)c(OCCCc4ccccc4)c3)CC2)n1. The summed E-state index contributed by atoms with van der Waals surface area (Å²) in [6, 6.07) is 33.6. The summed E-state index contributed by atoms with van der Waals surface area (Å²) in [4.78, 5) is 31.8. The Labute approximate surface area is 420 Å². The van der Waals surface area contributed by atoms with Gasteiger partial charge >= 0.3 is 0 Å². The molecule has 0 atom stereocenters. The first kappa shape index (κ1) is 51.7. The van der Waals surface area contributed by atoms with Crippen LogP contribution in [0.2, 0.25) is 5.02 Å². The van der Waals surface area contributed by atoms with Crippen molar-refractivity contribution in [1.29, 1.82) is 0 Å². The van der Waals surface area contributed by atoms with E-state index in [1.165, 1.54) is 16.9 Å². The summed E-state index contributed by atoms with van der Waals surface area (Å²) in [5.41, 5.74) is 3.86. The van der Waals surface area contributed by atoms with Gasteiger partial charge in [0, 0.05) is 71.0 Å². The van der Waals surface area contributed by atoms with E-state index in [0.29, 0.717) is 95.8 Å². The summed E-state index contributed by atoms with van der Waals surface area (Å²) in [7, 11) is 0. The molecule has 0 unspecified atom stereocenters. The first-order valence-corrected chi connectivity index (χ1v) is 25.0. The van der Waals surface area contributed by atoms with Gasteiger partial charge in [-0.3, -0.25) is 9.69 Å². The van der Waals surface area contributed by atoms with Crippen LogP contribution in [0, 0.1) is 13.8 Å². The molecule has 70 heavy (non-hydrogen) atoms. The number of nitrogens with zero attached hydrogens (tertiary/aromatic N) is 5. The second-order valence-electron chi connectivity index (χ2n) is 16.5. The quantitative estimate of drug-likeness (QED) is 0.0261. The van der Waals surface area contributed by atoms with Crippen LogP contribution in [0.5, 0.6) is 17.2 Å². The first-order chi connectivity index (χ1) is 34.4. The third-order valence-electron chi connectivity index (χ3n) is 11.2. The van der Waals surface area contributed by atoms with E-state index in [2.05, 4.69) is 65.3 Å². The van der Waals surface area contributed by atoms with Crippen molar-refractivity contribution >= 4 is 51.3 Å². The minimum atomic E-state index is -0.269. The molecule has 2 aromatic heterocycles. The number of nitrogens with one attached hydrogen (secondary N) is 4. The highest BCUT2D eigenvalue weighted by Gasteiger charge is 2.20. The Bertz CT molecular complexity index is 2510. The fraction of sp³-hybridized carbons (Fsp3) is 0.358. The highest BCUT2D eigenvalue weighted by Crippen LogP contribution is 2.33. The summed E-state index contributed by atoms with van der Waals surface area (Å²) >= 11 is 7.55. The molecule has 0 radical (unpaired) electrons. The number of para-hydroxylation sites is 1. The second-order valence-corrected chi connectivity index (χ2v) is 18.0. The molecule has 3 heterocycles. The van der Waals surface area contributed by atoms with Crippen molar-refractivity contribution in [2.75, 3.05) is 107 Å². The number of carbonyl (C=O) groups is 1. The number of hydrogen-bond donors (Lipinski definition) is 4. The predicted molar refractivity (Wildman–Crippen MR) is 280 cm³/mol. The Morgan fingerprint density at radius 3 is 2.30 bits per heavy atom. The molecular weight excluding hydrogens is 926 g/mol. The van der Waals surface area contributed by atoms with Crippen LogP contribution in [0.4, 0.5) is 22.5 Å². The molecule has 4 aromatic carbocycles. The summed E-state index contributed by atoms with van der Waals surface area (Å²) in [6.45, 7) is 14.7. The Balaban J connectivity index is 0.695. The van der Waals surface area contributed by atoms with Crippen LogP contribution >= 0.6 is 22.9 Å². The molecule has 370 valence electrons. The van der Waals surface area contributed by atoms with Gasteiger partial charge in [-0.1, -0.05) is 95.7 Å². The molecule has 1 saturated heterocycles. The Morgan fingerprint density at radius 2 is 1.53 bits per heavy atom. The summed E-state index contributed by atoms with van der Waals surface area (Å²) in [5, 5.41) is 14.0. The predicted octanol–water partition coefficient (Wildman–Crippen LogP) is 8.72. The number of benzene rings is 4. The van der Waals surface area contributed by atoms with E-state index in [-0.39, 0.29) is 5.91 Å². The Morgan fingerprint density at radius 1 is 0.771 bits per heavy atom. The van der Waals surface area contributed by atoms with Gasteiger partial charge in [-0.2, -0.15) is 0 Å². The molecule has 4 N–H and O–H groups in total. The fourth-order valence-electron chi connectivity index (χ4n) is 7.46. The maximum Gasteiger partial charge on any atom is 0.267 e. The number of carbonyl (C=O) groups excluding carboxylic acids is 1. The third-order valence-corrected chi connectivity index (χ3v) is 12.4. The Hall–Kier alpha value is -6.11. The van der Waals surface area contributed by atoms with E-state index in [1.807, 2.05) is 92.7 Å². The second kappa shape index (κ2) is 28.5. The number of ether oxygens (including phenoxy) is 5. The van der Waals surface area contributed by atoms with E-state index in [4.69, 9.17) is 40.3 Å². The lowest BCUT2D eigenvalue weighted by molar-refractivity contribution is 0.0500. The number of piperazine rings is 1. The van der Waals surface area contributed by atoms with Crippen LogP contribution in [-0.4, -0.2) is 118 Å². The number of aromatic nitrogens is 3. The van der Waals surface area contributed by atoms with Crippen LogP contribution in [0.1, 0.15) is 38.6 Å². The van der Waals surface area contributed by atoms with Crippen molar-refractivity contribution < 1.29 is 28.5 Å². The van der Waals surface area contributed by atoms with Gasteiger partial charge in [0.2, 0.25) is 0 Å². The first-order valence-electron chi connectivity index (χ1n) is 23.8. The van der Waals surface area contributed by atoms with Crippen LogP contribution in [0.3, 0.4) is 0 Å². The van der Waals surface area contributed by atoms with E-state index in [9.17, 15) is 4.79 Å². The summed E-state index contributed by atoms with van der Waals surface area (Å²) in [6.07, 6.45) is 7.00. The minimum absolute atomic E-state index is 0.269. The molecule has 15 nitrogen and oxygen atoms in total. The molecule has 0 spiro atoms. The zero-order valence-corrected chi connectivity index (χ0v) is 41.6. The third kappa shape index (κ3) is 17.4. The van der Waals surface area contributed by atoms with Gasteiger partial charge in [-0.15, -0.1) is 0 Å². The minimum Gasteiger partial charge on any atom is -0.490 e. The molecule has 1 fully saturated rings. The average Bonchev–Trinajstić information content (AvgIpc) is 3.85. The van der Waals surface area contributed by atoms with Crippen molar-refractivity contribution in [2.45, 2.75) is 33.3 Å². The number of amides is 1. The number of halogens is 1. The number of hydrogen-bond acceptors (Lipinski definition) is 15. The molecular formula is C53H64ClN9O6S. The van der Waals surface area contributed by atoms with Crippen molar-refractivity contribution in [3.05, 3.63) is 154 Å². The van der Waals surface area contributed by atoms with Gasteiger partial charge in [0.1, 0.15) is 34.7 Å². The topological polar surface area (TPSA) is 156 Å². The highest BCUT2D eigenvalue weighted by molar-refractivity contribution is 7.17. The van der Waals surface area contributed by atoms with Crippen LogP contribution < -0.4 is 40.4 Å². The maximum atomic E-state index is 12.9. The molecule has 0 aliphatic carbocycles. The largest absolute Gasteiger partial charge is 0.490 e. The van der Waals surface area contributed by atoms with E-state index in [1.54, 1.807) is 18.5 Å². The average molecular weight is 991 g/mol. The zero-order chi connectivity index (χ0) is 48.6. The van der Waals surface area contributed by atoms with Crippen molar-refractivity contribution in [1.82, 2.24) is 30.5 Å². The van der Waals surface area contributed by atoms with Gasteiger partial charge in [0.25, 0.3) is 5.91 Å². The summed E-state index contributed by atoms with van der Waals surface area (Å²) < 4.78 is 29.7. The van der Waals surface area contributed by atoms with Crippen LogP contribution in [-0.2, 0) is 22.5 Å². The van der Waals surface area contributed by atoms with Crippen molar-refractivity contribution in [3.8, 4) is 17.2 Å². The normalized spacial score (nSPS) is 12.9. The molecule has 0 bridgehead atoms.